The number of rotatable bonds is 7. The molecule has 2 rings (SSSR count). The predicted molar refractivity (Wildman–Crippen MR) is 70.1 cm³/mol. The van der Waals surface area contributed by atoms with E-state index in [1.807, 2.05) is 0 Å². The van der Waals surface area contributed by atoms with Crippen LogP contribution in [0.2, 0.25) is 0 Å². The summed E-state index contributed by atoms with van der Waals surface area (Å²) in [5, 5.41) is 17.0. The summed E-state index contributed by atoms with van der Waals surface area (Å²) < 4.78 is 26.5. The van der Waals surface area contributed by atoms with Crippen LogP contribution in [0.1, 0.15) is 17.8 Å². The zero-order valence-electron chi connectivity index (χ0n) is 10.0. The van der Waals surface area contributed by atoms with Gasteiger partial charge in [0, 0.05) is 13.0 Å². The maximum atomic E-state index is 11.9. The first-order valence-electron chi connectivity index (χ1n) is 5.64. The van der Waals surface area contributed by atoms with Gasteiger partial charge in [0.2, 0.25) is 10.0 Å². The van der Waals surface area contributed by atoms with Crippen molar-refractivity contribution in [1.29, 1.82) is 0 Å². The maximum absolute atomic E-state index is 11.9. The maximum Gasteiger partial charge on any atom is 0.250 e. The van der Waals surface area contributed by atoms with Crippen molar-refractivity contribution in [3.05, 3.63) is 29.2 Å². The van der Waals surface area contributed by atoms with E-state index in [1.54, 1.807) is 5.38 Å². The molecule has 2 aromatic heterocycles. The monoisotopic (exact) mass is 302 g/mol. The minimum atomic E-state index is -3.48. The Bertz CT molecular complexity index is 607. The number of aromatic nitrogens is 3. The molecule has 0 bridgehead atoms. The molecule has 19 heavy (non-hydrogen) atoms. The highest BCUT2D eigenvalue weighted by molar-refractivity contribution is 7.91. The van der Waals surface area contributed by atoms with Crippen molar-refractivity contribution < 1.29 is 13.5 Å². The molecule has 0 aliphatic carbocycles. The lowest BCUT2D eigenvalue weighted by Crippen LogP contribution is -2.24. The number of hydrogen-bond donors (Lipinski definition) is 3. The van der Waals surface area contributed by atoms with Crippen LogP contribution in [-0.4, -0.2) is 35.3 Å². The van der Waals surface area contributed by atoms with Gasteiger partial charge in [-0.25, -0.2) is 18.1 Å². The Morgan fingerprint density at radius 2 is 2.32 bits per heavy atom. The van der Waals surface area contributed by atoms with Gasteiger partial charge in [-0.2, -0.15) is 5.10 Å². The summed E-state index contributed by atoms with van der Waals surface area (Å²) in [6.45, 7) is 0.174. The van der Waals surface area contributed by atoms with Gasteiger partial charge < -0.3 is 5.11 Å². The number of aryl methyl sites for hydroxylation is 1. The third-order valence-electron chi connectivity index (χ3n) is 2.42. The number of aromatic amines is 1. The van der Waals surface area contributed by atoms with E-state index >= 15 is 0 Å². The molecular formula is C10H14N4O3S2. The Morgan fingerprint density at radius 1 is 1.47 bits per heavy atom. The molecule has 2 aromatic rings. The van der Waals surface area contributed by atoms with Crippen molar-refractivity contribution in [2.45, 2.75) is 23.7 Å². The van der Waals surface area contributed by atoms with Crippen LogP contribution >= 0.6 is 11.3 Å². The van der Waals surface area contributed by atoms with Crippen molar-refractivity contribution in [2.24, 2.45) is 0 Å². The van der Waals surface area contributed by atoms with E-state index in [4.69, 9.17) is 5.11 Å². The number of H-pyrrole nitrogens is 1. The van der Waals surface area contributed by atoms with Gasteiger partial charge in [-0.05, 0) is 23.4 Å². The van der Waals surface area contributed by atoms with E-state index in [0.29, 0.717) is 24.9 Å². The number of sulfonamides is 1. The Hall–Kier alpha value is -1.29. The highest BCUT2D eigenvalue weighted by Gasteiger charge is 2.15. The molecule has 0 aliphatic heterocycles. The Morgan fingerprint density at radius 3 is 2.95 bits per heavy atom. The van der Waals surface area contributed by atoms with Crippen molar-refractivity contribution in [3.63, 3.8) is 0 Å². The summed E-state index contributed by atoms with van der Waals surface area (Å²) in [6.07, 6.45) is 2.68. The quantitative estimate of drug-likeness (QED) is 0.636. The SMILES string of the molecule is O=S(=O)(NCCCc1ncn[nH]1)c1cc(CO)cs1. The summed E-state index contributed by atoms with van der Waals surface area (Å²) in [5.74, 6) is 0.734. The molecule has 0 unspecified atom stereocenters. The Balaban J connectivity index is 1.84. The van der Waals surface area contributed by atoms with Gasteiger partial charge in [0.05, 0.1) is 6.61 Å². The topological polar surface area (TPSA) is 108 Å². The summed E-state index contributed by atoms with van der Waals surface area (Å²) in [5.41, 5.74) is 0.604. The largest absolute Gasteiger partial charge is 0.392 e. The number of hydrogen-bond acceptors (Lipinski definition) is 6. The lowest BCUT2D eigenvalue weighted by Gasteiger charge is -2.03. The molecule has 0 spiro atoms. The molecule has 7 nitrogen and oxygen atoms in total. The fourth-order valence-electron chi connectivity index (χ4n) is 1.46. The van der Waals surface area contributed by atoms with Gasteiger partial charge >= 0.3 is 0 Å². The summed E-state index contributed by atoms with van der Waals surface area (Å²) in [6, 6.07) is 1.48. The van der Waals surface area contributed by atoms with Crippen LogP contribution in [0, 0.1) is 0 Å². The predicted octanol–water partition coefficient (Wildman–Crippen LogP) is 0.270. The molecule has 0 atom stereocenters. The fourth-order valence-corrected chi connectivity index (χ4v) is 3.78. The van der Waals surface area contributed by atoms with Crippen molar-refractivity contribution >= 4 is 21.4 Å². The van der Waals surface area contributed by atoms with E-state index < -0.39 is 10.0 Å². The van der Waals surface area contributed by atoms with Gasteiger partial charge in [-0.3, -0.25) is 5.10 Å². The first kappa shape index (κ1) is 14.1. The average Bonchev–Trinajstić information content (AvgIpc) is 3.05. The smallest absolute Gasteiger partial charge is 0.250 e. The first-order chi connectivity index (χ1) is 9.12. The lowest BCUT2D eigenvalue weighted by molar-refractivity contribution is 0.282. The number of nitrogens with zero attached hydrogens (tertiary/aromatic N) is 2. The molecule has 0 fully saturated rings. The minimum absolute atomic E-state index is 0.155. The first-order valence-corrected chi connectivity index (χ1v) is 8.00. The fraction of sp³-hybridized carbons (Fsp3) is 0.400. The molecule has 104 valence electrons. The van der Waals surface area contributed by atoms with Gasteiger partial charge in [-0.1, -0.05) is 0 Å². The molecule has 0 amide bonds. The van der Waals surface area contributed by atoms with Crippen LogP contribution in [0.5, 0.6) is 0 Å². The molecule has 0 saturated heterocycles. The second-order valence-electron chi connectivity index (χ2n) is 3.87. The van der Waals surface area contributed by atoms with Crippen LogP contribution in [0.3, 0.4) is 0 Å². The van der Waals surface area contributed by atoms with E-state index in [0.717, 1.165) is 17.2 Å². The third-order valence-corrected chi connectivity index (χ3v) is 5.37. The van der Waals surface area contributed by atoms with Crippen LogP contribution in [-0.2, 0) is 23.1 Å². The van der Waals surface area contributed by atoms with E-state index in [-0.39, 0.29) is 10.8 Å². The average molecular weight is 302 g/mol. The molecule has 0 aromatic carbocycles. The van der Waals surface area contributed by atoms with E-state index in [1.165, 1.54) is 12.4 Å². The van der Waals surface area contributed by atoms with Gasteiger partial charge in [0.15, 0.2) is 0 Å². The molecule has 0 radical (unpaired) electrons. The number of aliphatic hydroxyl groups excluding tert-OH is 1. The number of thiophene rings is 1. The normalized spacial score (nSPS) is 11.8. The van der Waals surface area contributed by atoms with Gasteiger partial charge in [0.25, 0.3) is 0 Å². The second kappa shape index (κ2) is 6.24. The van der Waals surface area contributed by atoms with Crippen molar-refractivity contribution in [1.82, 2.24) is 19.9 Å². The zero-order valence-corrected chi connectivity index (χ0v) is 11.7. The molecule has 0 saturated carbocycles. The van der Waals surface area contributed by atoms with Crippen LogP contribution in [0.15, 0.2) is 22.0 Å². The molecule has 0 aliphatic rings. The van der Waals surface area contributed by atoms with Crippen molar-refractivity contribution in [2.75, 3.05) is 6.54 Å². The van der Waals surface area contributed by atoms with Crippen LogP contribution in [0.25, 0.3) is 0 Å². The highest BCUT2D eigenvalue weighted by Crippen LogP contribution is 2.19. The molecule has 2 heterocycles. The van der Waals surface area contributed by atoms with E-state index in [2.05, 4.69) is 19.9 Å². The number of nitrogens with one attached hydrogen (secondary N) is 2. The summed E-state index contributed by atoms with van der Waals surface area (Å²) >= 11 is 1.10. The molecule has 3 N–H and O–H groups in total. The summed E-state index contributed by atoms with van der Waals surface area (Å²) in [4.78, 5) is 3.95. The van der Waals surface area contributed by atoms with Gasteiger partial charge in [-0.15, -0.1) is 11.3 Å². The summed E-state index contributed by atoms with van der Waals surface area (Å²) in [7, 11) is -3.48. The van der Waals surface area contributed by atoms with Crippen molar-refractivity contribution in [3.8, 4) is 0 Å². The van der Waals surface area contributed by atoms with Crippen LogP contribution in [0.4, 0.5) is 0 Å². The Labute approximate surface area is 114 Å². The highest BCUT2D eigenvalue weighted by atomic mass is 32.2. The number of aliphatic hydroxyl groups is 1. The minimum Gasteiger partial charge on any atom is -0.392 e. The zero-order chi connectivity index (χ0) is 13.7. The second-order valence-corrected chi connectivity index (χ2v) is 6.77. The van der Waals surface area contributed by atoms with E-state index in [9.17, 15) is 8.42 Å². The standard InChI is InChI=1S/C10H14N4O3S2/c15-5-8-4-10(18-6-8)19(16,17)13-3-1-2-9-11-7-12-14-9/h4,6-7,13,15H,1-3,5H2,(H,11,12,14). The van der Waals surface area contributed by atoms with Crippen LogP contribution < -0.4 is 4.72 Å². The van der Waals surface area contributed by atoms with Gasteiger partial charge in [0.1, 0.15) is 16.4 Å². The molecular weight excluding hydrogens is 288 g/mol. The lowest BCUT2D eigenvalue weighted by atomic mass is 10.3. The molecule has 9 heteroatoms. The Kier molecular flexibility index (Phi) is 4.64. The third kappa shape index (κ3) is 3.83.